The van der Waals surface area contributed by atoms with E-state index >= 15 is 0 Å². The molecule has 0 aliphatic heterocycles. The lowest BCUT2D eigenvalue weighted by atomic mass is 10.0. The highest BCUT2D eigenvalue weighted by Crippen LogP contribution is 2.44. The van der Waals surface area contributed by atoms with Crippen molar-refractivity contribution in [2.75, 3.05) is 0 Å². The van der Waals surface area contributed by atoms with Gasteiger partial charge in [-0.05, 0) is 50.2 Å². The van der Waals surface area contributed by atoms with Gasteiger partial charge in [0, 0.05) is 44.1 Å². The van der Waals surface area contributed by atoms with E-state index in [0.29, 0.717) is 17.5 Å². The lowest BCUT2D eigenvalue weighted by molar-refractivity contribution is 0.645. The fourth-order valence-corrected chi connectivity index (χ4v) is 7.17. The highest BCUT2D eigenvalue weighted by atomic mass is 16.3. The van der Waals surface area contributed by atoms with Crippen molar-refractivity contribution in [2.24, 2.45) is 0 Å². The molecule has 0 aliphatic carbocycles. The third-order valence-electron chi connectivity index (χ3n) is 9.81. The van der Waals surface area contributed by atoms with Gasteiger partial charge in [-0.25, -0.2) is 19.9 Å². The van der Waals surface area contributed by atoms with Gasteiger partial charge >= 0.3 is 0 Å². The van der Waals surface area contributed by atoms with Crippen molar-refractivity contribution in [1.29, 1.82) is 0 Å². The highest BCUT2D eigenvalue weighted by molar-refractivity contribution is 6.28. The summed E-state index contributed by atoms with van der Waals surface area (Å²) in [6.07, 6.45) is 0. The Labute approximate surface area is 299 Å². The molecule has 0 saturated carbocycles. The van der Waals surface area contributed by atoms with E-state index in [9.17, 15) is 0 Å². The normalized spacial score (nSPS) is 11.7. The zero-order chi connectivity index (χ0) is 34.8. The highest BCUT2D eigenvalue weighted by Gasteiger charge is 2.24. The molecule has 4 heterocycles. The summed E-state index contributed by atoms with van der Waals surface area (Å²) in [6.45, 7) is 4.16. The molecule has 246 valence electrons. The van der Waals surface area contributed by atoms with Crippen LogP contribution < -0.4 is 0 Å². The summed E-state index contributed by atoms with van der Waals surface area (Å²) in [5, 5.41) is 4.34. The molecule has 6 heteroatoms. The molecule has 0 amide bonds. The number of pyridine rings is 1. The summed E-state index contributed by atoms with van der Waals surface area (Å²) >= 11 is 0. The summed E-state index contributed by atoms with van der Waals surface area (Å²) in [5.41, 5.74) is 11.5. The van der Waals surface area contributed by atoms with Crippen LogP contribution in [0.15, 0.2) is 156 Å². The van der Waals surface area contributed by atoms with E-state index in [0.717, 1.165) is 77.5 Å². The van der Waals surface area contributed by atoms with Crippen LogP contribution in [0.25, 0.3) is 95.0 Å². The number of aryl methyl sites for hydroxylation is 2. The van der Waals surface area contributed by atoms with Gasteiger partial charge in [-0.15, -0.1) is 0 Å². The summed E-state index contributed by atoms with van der Waals surface area (Å²) in [7, 11) is 0. The van der Waals surface area contributed by atoms with E-state index in [1.165, 1.54) is 11.1 Å². The fraction of sp³-hybridized carbons (Fsp3) is 0.0435. The maximum atomic E-state index is 6.95. The largest absolute Gasteiger partial charge is 0.437 e. The first-order valence-corrected chi connectivity index (χ1v) is 17.4. The van der Waals surface area contributed by atoms with Gasteiger partial charge in [0.2, 0.25) is 5.71 Å². The Morgan fingerprint density at radius 1 is 0.442 bits per heavy atom. The quantitative estimate of drug-likeness (QED) is 0.182. The Balaban J connectivity index is 1.16. The minimum Gasteiger partial charge on any atom is -0.437 e. The Morgan fingerprint density at radius 3 is 1.58 bits per heavy atom. The first kappa shape index (κ1) is 29.9. The molecule has 0 saturated heterocycles. The maximum Gasteiger partial charge on any atom is 0.213 e. The minimum absolute atomic E-state index is 0.615. The van der Waals surface area contributed by atoms with Crippen LogP contribution in [0.5, 0.6) is 0 Å². The van der Waals surface area contributed by atoms with Crippen LogP contribution in [0.1, 0.15) is 11.1 Å². The molecule has 4 aromatic heterocycles. The lowest BCUT2D eigenvalue weighted by Gasteiger charge is -2.10. The molecule has 0 N–H and O–H groups in total. The number of hydrogen-bond acceptors (Lipinski definition) is 5. The van der Waals surface area contributed by atoms with Crippen LogP contribution >= 0.6 is 0 Å². The number of nitrogens with zero attached hydrogens (tertiary/aromatic N) is 5. The van der Waals surface area contributed by atoms with Crippen LogP contribution in [0, 0.1) is 13.8 Å². The summed E-state index contributed by atoms with van der Waals surface area (Å²) in [5.74, 6) is 1.89. The Hall–Kier alpha value is -6.92. The van der Waals surface area contributed by atoms with Gasteiger partial charge in [-0.3, -0.25) is 4.57 Å². The second-order valence-corrected chi connectivity index (χ2v) is 13.3. The third kappa shape index (κ3) is 4.88. The number of aromatic nitrogens is 5. The van der Waals surface area contributed by atoms with E-state index in [2.05, 4.69) is 146 Å². The van der Waals surface area contributed by atoms with Gasteiger partial charge < -0.3 is 4.42 Å². The number of rotatable bonds is 5. The molecule has 6 aromatic carbocycles. The Kier molecular flexibility index (Phi) is 6.83. The van der Waals surface area contributed by atoms with E-state index < -0.39 is 0 Å². The van der Waals surface area contributed by atoms with Crippen molar-refractivity contribution in [3.63, 3.8) is 0 Å². The molecule has 6 nitrogen and oxygen atoms in total. The van der Waals surface area contributed by atoms with Crippen LogP contribution in [0.4, 0.5) is 0 Å². The predicted molar refractivity (Wildman–Crippen MR) is 210 cm³/mol. The summed E-state index contributed by atoms with van der Waals surface area (Å²) in [4.78, 5) is 20.0. The fourth-order valence-electron chi connectivity index (χ4n) is 7.17. The van der Waals surface area contributed by atoms with E-state index in [-0.39, 0.29) is 0 Å². The average Bonchev–Trinajstić information content (AvgIpc) is 3.74. The monoisotopic (exact) mass is 669 g/mol. The molecule has 0 aliphatic rings. The molecule has 0 radical (unpaired) electrons. The Bertz CT molecular complexity index is 2880. The van der Waals surface area contributed by atoms with Crippen molar-refractivity contribution >= 4 is 43.9 Å². The lowest BCUT2D eigenvalue weighted by Crippen LogP contribution is -2.00. The minimum atomic E-state index is 0.615. The maximum absolute atomic E-state index is 6.95. The first-order chi connectivity index (χ1) is 25.6. The van der Waals surface area contributed by atoms with Crippen LogP contribution in [-0.4, -0.2) is 24.5 Å². The van der Waals surface area contributed by atoms with Crippen LogP contribution in [0.2, 0.25) is 0 Å². The number of hydrogen-bond donors (Lipinski definition) is 0. The molecular weight excluding hydrogens is 639 g/mol. The zero-order valence-electron chi connectivity index (χ0n) is 28.6. The van der Waals surface area contributed by atoms with Gasteiger partial charge in [-0.1, -0.05) is 126 Å². The molecule has 0 spiro atoms. The molecule has 0 bridgehead atoms. The smallest absolute Gasteiger partial charge is 0.213 e. The standard InChI is InChI=1S/C46H31N5O/c1-28-16-20-31(21-17-28)43-48-44(32-22-18-29(2)19-23-32)50-45(49-43)33-24-26-34(27-25-33)51-38-15-9-7-13-36(38)40-39-35-12-6-8-14-37(35)47-41(42(39)52-46(40)51)30-10-4-3-5-11-30/h3-27H,1-2H3. The summed E-state index contributed by atoms with van der Waals surface area (Å²) < 4.78 is 9.15. The van der Waals surface area contributed by atoms with E-state index in [1.54, 1.807) is 0 Å². The number of fused-ring (bicyclic) bond motifs is 7. The van der Waals surface area contributed by atoms with Crippen molar-refractivity contribution < 1.29 is 4.42 Å². The summed E-state index contributed by atoms with van der Waals surface area (Å²) in [6, 6.07) is 52.1. The van der Waals surface area contributed by atoms with E-state index in [1.807, 2.05) is 24.3 Å². The molecule has 52 heavy (non-hydrogen) atoms. The van der Waals surface area contributed by atoms with Crippen molar-refractivity contribution in [3.05, 3.63) is 163 Å². The van der Waals surface area contributed by atoms with Crippen LogP contribution in [0.3, 0.4) is 0 Å². The molecule has 0 atom stereocenters. The number of furan rings is 1. The number of para-hydroxylation sites is 2. The van der Waals surface area contributed by atoms with Crippen molar-refractivity contribution in [1.82, 2.24) is 24.5 Å². The second kappa shape index (κ2) is 11.9. The number of benzene rings is 6. The van der Waals surface area contributed by atoms with Gasteiger partial charge in [0.1, 0.15) is 5.69 Å². The average molecular weight is 670 g/mol. The molecule has 0 fully saturated rings. The SMILES string of the molecule is Cc1ccc(-c2nc(-c3ccc(C)cc3)nc(-c3ccc(-n4c5ccccc5c5c6c(oc54)c(-c4ccccc4)nc4ccccc46)cc3)n2)cc1. The zero-order valence-corrected chi connectivity index (χ0v) is 28.6. The third-order valence-corrected chi connectivity index (χ3v) is 9.81. The Morgan fingerprint density at radius 2 is 0.962 bits per heavy atom. The van der Waals surface area contributed by atoms with Gasteiger partial charge in [0.05, 0.1) is 16.4 Å². The first-order valence-electron chi connectivity index (χ1n) is 17.4. The van der Waals surface area contributed by atoms with Gasteiger partial charge in [0.15, 0.2) is 23.1 Å². The van der Waals surface area contributed by atoms with Crippen molar-refractivity contribution in [2.45, 2.75) is 13.8 Å². The molecule has 10 rings (SSSR count). The predicted octanol–water partition coefficient (Wildman–Crippen LogP) is 11.5. The second-order valence-electron chi connectivity index (χ2n) is 13.3. The topological polar surface area (TPSA) is 69.6 Å². The van der Waals surface area contributed by atoms with Gasteiger partial charge in [-0.2, -0.15) is 0 Å². The molecule has 10 aromatic rings. The van der Waals surface area contributed by atoms with Crippen LogP contribution in [-0.2, 0) is 0 Å². The molecular formula is C46H31N5O. The molecule has 0 unspecified atom stereocenters. The van der Waals surface area contributed by atoms with Crippen molar-refractivity contribution in [3.8, 4) is 51.1 Å². The van der Waals surface area contributed by atoms with Gasteiger partial charge in [0.25, 0.3) is 0 Å². The van der Waals surface area contributed by atoms with E-state index in [4.69, 9.17) is 24.4 Å².